The minimum Gasteiger partial charge on any atom is -0.481 e. The highest BCUT2D eigenvalue weighted by atomic mass is 16.4. The Morgan fingerprint density at radius 2 is 1.61 bits per heavy atom. The van der Waals surface area contributed by atoms with Crippen LogP contribution in [0.1, 0.15) is 44.9 Å². The van der Waals surface area contributed by atoms with Crippen molar-refractivity contribution in [2.24, 2.45) is 0 Å². The third kappa shape index (κ3) is 11.0. The first-order valence-electron chi connectivity index (χ1n) is 8.17. The fraction of sp³-hybridized carbons (Fsp3) is 0.765. The zero-order valence-corrected chi connectivity index (χ0v) is 14.6. The maximum absolute atomic E-state index is 12.2. The lowest BCUT2D eigenvalue weighted by atomic mass is 9.92. The Morgan fingerprint density at radius 3 is 2.13 bits per heavy atom. The quantitative estimate of drug-likeness (QED) is 0.269. The Kier molecular flexibility index (Phi) is 9.95. The number of ketones is 1. The summed E-state index contributed by atoms with van der Waals surface area (Å²) in [5, 5.41) is 28.1. The number of carboxylic acid groups (broad SMARTS) is 1. The Labute approximate surface area is 139 Å². The van der Waals surface area contributed by atoms with Gasteiger partial charge in [0.2, 0.25) is 0 Å². The molecule has 0 bridgehead atoms. The highest BCUT2D eigenvalue weighted by Gasteiger charge is 2.41. The molecule has 23 heavy (non-hydrogen) atoms. The minimum absolute atomic E-state index is 0.0453. The monoisotopic (exact) mass is 330 g/mol. The standard InChI is InChI=1S/C17H31NO5/c1-18(2,3)14-17(23,13-16(21)22)15(20)11-9-7-5-4-6-8-10-12-19/h9,11,19,23H,4-8,10,12-14H2,1-3H3/p+1. The normalized spacial score (nSPS) is 14.8. The molecule has 3 N–H and O–H groups in total. The second-order valence-corrected chi connectivity index (χ2v) is 7.10. The summed E-state index contributed by atoms with van der Waals surface area (Å²) in [4.78, 5) is 23.2. The van der Waals surface area contributed by atoms with E-state index >= 15 is 0 Å². The molecule has 1 unspecified atom stereocenters. The summed E-state index contributed by atoms with van der Waals surface area (Å²) in [6.45, 7) is 0.270. The summed E-state index contributed by atoms with van der Waals surface area (Å²) in [6.07, 6.45) is 7.97. The molecule has 0 aromatic carbocycles. The number of likely N-dealkylation sites (N-methyl/N-ethyl adjacent to an activating group) is 1. The summed E-state index contributed by atoms with van der Waals surface area (Å²) < 4.78 is 0.300. The van der Waals surface area contributed by atoms with E-state index in [-0.39, 0.29) is 13.2 Å². The van der Waals surface area contributed by atoms with Crippen LogP contribution in [-0.4, -0.2) is 71.5 Å². The second kappa shape index (κ2) is 10.5. The van der Waals surface area contributed by atoms with Gasteiger partial charge < -0.3 is 19.8 Å². The van der Waals surface area contributed by atoms with E-state index in [4.69, 9.17) is 10.2 Å². The first-order valence-corrected chi connectivity index (χ1v) is 8.17. The summed E-state index contributed by atoms with van der Waals surface area (Å²) in [7, 11) is 5.41. The molecule has 0 aromatic rings. The molecular formula is C17H32NO5+. The molecule has 0 amide bonds. The van der Waals surface area contributed by atoms with Gasteiger partial charge in [-0.1, -0.05) is 25.3 Å². The SMILES string of the molecule is C[N+](C)(C)CC(O)(CC(=O)O)C(=O)C=CCCCCCCCO. The van der Waals surface area contributed by atoms with Crippen molar-refractivity contribution >= 4 is 11.8 Å². The molecule has 0 aliphatic rings. The topological polar surface area (TPSA) is 94.8 Å². The smallest absolute Gasteiger partial charge is 0.307 e. The fourth-order valence-corrected chi connectivity index (χ4v) is 2.51. The number of carbonyl (C=O) groups is 2. The predicted molar refractivity (Wildman–Crippen MR) is 89.0 cm³/mol. The summed E-state index contributed by atoms with van der Waals surface area (Å²) in [6, 6.07) is 0. The van der Waals surface area contributed by atoms with Crippen molar-refractivity contribution in [3.05, 3.63) is 12.2 Å². The van der Waals surface area contributed by atoms with Gasteiger partial charge in [0.05, 0.1) is 27.6 Å². The molecule has 0 fully saturated rings. The number of quaternary nitrogens is 1. The van der Waals surface area contributed by atoms with Crippen molar-refractivity contribution in [2.75, 3.05) is 34.3 Å². The van der Waals surface area contributed by atoms with Crippen LogP contribution in [0.15, 0.2) is 12.2 Å². The van der Waals surface area contributed by atoms with Gasteiger partial charge in [-0.2, -0.15) is 0 Å². The molecule has 6 heteroatoms. The molecule has 0 aliphatic heterocycles. The summed E-state index contributed by atoms with van der Waals surface area (Å²) in [5.41, 5.74) is -1.87. The third-order valence-electron chi connectivity index (χ3n) is 3.44. The number of aliphatic hydroxyl groups is 2. The Balaban J connectivity index is 4.43. The van der Waals surface area contributed by atoms with Crippen LogP contribution >= 0.6 is 0 Å². The number of carbonyl (C=O) groups excluding carboxylic acids is 1. The van der Waals surface area contributed by atoms with Crippen molar-refractivity contribution in [3.63, 3.8) is 0 Å². The number of rotatable bonds is 13. The number of aliphatic carboxylic acids is 1. The van der Waals surface area contributed by atoms with Gasteiger partial charge >= 0.3 is 5.97 Å². The van der Waals surface area contributed by atoms with Crippen molar-refractivity contribution in [3.8, 4) is 0 Å². The van der Waals surface area contributed by atoms with E-state index in [1.807, 2.05) is 0 Å². The van der Waals surface area contributed by atoms with E-state index in [1.165, 1.54) is 6.08 Å². The number of nitrogens with zero attached hydrogens (tertiary/aromatic N) is 1. The maximum atomic E-state index is 12.2. The molecule has 0 heterocycles. The number of hydrogen-bond donors (Lipinski definition) is 3. The van der Waals surface area contributed by atoms with E-state index in [9.17, 15) is 14.7 Å². The minimum atomic E-state index is -1.87. The lowest BCUT2D eigenvalue weighted by Gasteiger charge is -2.33. The molecule has 6 nitrogen and oxygen atoms in total. The van der Waals surface area contributed by atoms with Gasteiger partial charge in [-0.15, -0.1) is 0 Å². The number of unbranched alkanes of at least 4 members (excludes halogenated alkanes) is 5. The van der Waals surface area contributed by atoms with Crippen LogP contribution in [0.4, 0.5) is 0 Å². The average Bonchev–Trinajstić information content (AvgIpc) is 2.38. The molecule has 0 radical (unpaired) electrons. The van der Waals surface area contributed by atoms with Gasteiger partial charge in [-0.25, -0.2) is 0 Å². The predicted octanol–water partition coefficient (Wildman–Crippen LogP) is 1.36. The van der Waals surface area contributed by atoms with Crippen LogP contribution < -0.4 is 0 Å². The van der Waals surface area contributed by atoms with E-state index in [0.29, 0.717) is 4.48 Å². The summed E-state index contributed by atoms with van der Waals surface area (Å²) in [5.74, 6) is -1.74. The molecule has 0 aliphatic carbocycles. The molecule has 1 atom stereocenters. The van der Waals surface area contributed by atoms with Gasteiger partial charge in [-0.05, 0) is 25.3 Å². The number of hydrogen-bond acceptors (Lipinski definition) is 4. The van der Waals surface area contributed by atoms with Crippen LogP contribution in [-0.2, 0) is 9.59 Å². The van der Waals surface area contributed by atoms with Gasteiger partial charge in [0.1, 0.15) is 6.54 Å². The molecule has 0 rings (SSSR count). The highest BCUT2D eigenvalue weighted by Crippen LogP contribution is 2.17. The largest absolute Gasteiger partial charge is 0.481 e. The van der Waals surface area contributed by atoms with Crippen molar-refractivity contribution in [2.45, 2.75) is 50.5 Å². The van der Waals surface area contributed by atoms with Gasteiger partial charge in [-0.3, -0.25) is 9.59 Å². The Hall–Kier alpha value is -1.24. The molecule has 134 valence electrons. The van der Waals surface area contributed by atoms with Gasteiger partial charge in [0, 0.05) is 6.61 Å². The Bertz CT molecular complexity index is 400. The number of carboxylic acids is 1. The Morgan fingerprint density at radius 1 is 1.04 bits per heavy atom. The number of allylic oxidation sites excluding steroid dienone is 1. The van der Waals surface area contributed by atoms with Gasteiger partial charge in [0.15, 0.2) is 11.4 Å². The zero-order chi connectivity index (χ0) is 17.9. The van der Waals surface area contributed by atoms with Crippen LogP contribution in [0.5, 0.6) is 0 Å². The first kappa shape index (κ1) is 21.8. The molecule has 0 spiro atoms. The van der Waals surface area contributed by atoms with Crippen LogP contribution in [0.2, 0.25) is 0 Å². The van der Waals surface area contributed by atoms with Gasteiger partial charge in [0.25, 0.3) is 0 Å². The highest BCUT2D eigenvalue weighted by molar-refractivity contribution is 5.99. The molecule has 0 saturated heterocycles. The van der Waals surface area contributed by atoms with Crippen LogP contribution in [0.25, 0.3) is 0 Å². The number of aliphatic hydroxyl groups excluding tert-OH is 1. The van der Waals surface area contributed by atoms with Crippen LogP contribution in [0.3, 0.4) is 0 Å². The van der Waals surface area contributed by atoms with E-state index in [2.05, 4.69) is 0 Å². The first-order chi connectivity index (χ1) is 10.6. The maximum Gasteiger partial charge on any atom is 0.307 e. The van der Waals surface area contributed by atoms with E-state index < -0.39 is 23.8 Å². The lowest BCUT2D eigenvalue weighted by molar-refractivity contribution is -0.875. The molecular weight excluding hydrogens is 298 g/mol. The van der Waals surface area contributed by atoms with E-state index in [0.717, 1.165) is 38.5 Å². The lowest BCUT2D eigenvalue weighted by Crippen LogP contribution is -2.54. The fourth-order valence-electron chi connectivity index (χ4n) is 2.51. The van der Waals surface area contributed by atoms with Crippen molar-refractivity contribution < 1.29 is 29.4 Å². The average molecular weight is 330 g/mol. The van der Waals surface area contributed by atoms with Crippen molar-refractivity contribution in [1.82, 2.24) is 0 Å². The molecule has 0 saturated carbocycles. The summed E-state index contributed by atoms with van der Waals surface area (Å²) >= 11 is 0. The van der Waals surface area contributed by atoms with E-state index in [1.54, 1.807) is 27.2 Å². The van der Waals surface area contributed by atoms with Crippen molar-refractivity contribution in [1.29, 1.82) is 0 Å². The second-order valence-electron chi connectivity index (χ2n) is 7.10. The zero-order valence-electron chi connectivity index (χ0n) is 14.6. The third-order valence-corrected chi connectivity index (χ3v) is 3.44. The van der Waals surface area contributed by atoms with Crippen LogP contribution in [0, 0.1) is 0 Å². The molecule has 0 aromatic heterocycles.